The second kappa shape index (κ2) is 19.4. The molecule has 0 aromatic heterocycles. The fourth-order valence-corrected chi connectivity index (χ4v) is 4.31. The molecule has 2 heteroatoms. The van der Waals surface area contributed by atoms with Crippen LogP contribution in [0.4, 0.5) is 0 Å². The Hall–Kier alpha value is -1.31. The van der Waals surface area contributed by atoms with Gasteiger partial charge in [0, 0.05) is 0 Å². The van der Waals surface area contributed by atoms with Crippen molar-refractivity contribution in [2.45, 2.75) is 136 Å². The summed E-state index contributed by atoms with van der Waals surface area (Å²) in [4.78, 5) is 13.2. The summed E-state index contributed by atoms with van der Waals surface area (Å²) < 4.78 is 6.15. The highest BCUT2D eigenvalue weighted by Crippen LogP contribution is 2.28. The van der Waals surface area contributed by atoms with E-state index in [1.54, 1.807) is 0 Å². The van der Waals surface area contributed by atoms with Crippen molar-refractivity contribution in [1.29, 1.82) is 0 Å². The molecule has 0 saturated heterocycles. The highest BCUT2D eigenvalue weighted by Gasteiger charge is 2.24. The molecule has 0 fully saturated rings. The van der Waals surface area contributed by atoms with Gasteiger partial charge < -0.3 is 4.74 Å². The Kier molecular flexibility index (Phi) is 17.3. The molecule has 0 aliphatic carbocycles. The molecular weight excluding hydrogens is 380 g/mol. The molecule has 0 saturated carbocycles. The average molecular weight is 431 g/mol. The van der Waals surface area contributed by atoms with Gasteiger partial charge in [0.05, 0.1) is 5.92 Å². The molecule has 0 heterocycles. The zero-order valence-electron chi connectivity index (χ0n) is 20.9. The first-order chi connectivity index (χ1) is 15.2. The number of benzene rings is 1. The standard InChI is InChI=1S/C29H50O2/c1-4-7-10-12-13-15-18-24-27(23-17-14-11-8-5-2)29(30)31-28(25-9-6-3)26-21-19-16-20-22-26/h16,19-22,27-28H,4-15,17-18,23-25H2,1-3H3. The van der Waals surface area contributed by atoms with E-state index in [0.717, 1.165) is 50.5 Å². The lowest BCUT2D eigenvalue weighted by atomic mass is 9.94. The van der Waals surface area contributed by atoms with E-state index in [1.165, 1.54) is 64.2 Å². The molecule has 0 N–H and O–H groups in total. The van der Waals surface area contributed by atoms with Crippen molar-refractivity contribution in [2.75, 3.05) is 0 Å². The van der Waals surface area contributed by atoms with E-state index < -0.39 is 0 Å². The summed E-state index contributed by atoms with van der Waals surface area (Å²) in [6.07, 6.45) is 20.4. The number of carbonyl (C=O) groups excluding carboxylic acids is 1. The summed E-state index contributed by atoms with van der Waals surface area (Å²) in [6.45, 7) is 6.71. The van der Waals surface area contributed by atoms with Gasteiger partial charge in [0.1, 0.15) is 6.10 Å². The normalized spacial score (nSPS) is 13.1. The number of rotatable bonds is 20. The number of hydrogen-bond donors (Lipinski definition) is 0. The van der Waals surface area contributed by atoms with E-state index in [2.05, 4.69) is 32.9 Å². The third-order valence-electron chi connectivity index (χ3n) is 6.40. The van der Waals surface area contributed by atoms with Crippen molar-refractivity contribution < 1.29 is 9.53 Å². The quantitative estimate of drug-likeness (QED) is 0.152. The molecule has 1 rings (SSSR count). The molecule has 0 spiro atoms. The smallest absolute Gasteiger partial charge is 0.309 e. The SMILES string of the molecule is CCCCCCCCCC(CCCCCCC)C(=O)OC(CCCC)c1ccccc1. The highest BCUT2D eigenvalue weighted by molar-refractivity contribution is 5.72. The minimum absolute atomic E-state index is 0.0476. The van der Waals surface area contributed by atoms with Crippen LogP contribution in [0.3, 0.4) is 0 Å². The minimum Gasteiger partial charge on any atom is -0.457 e. The molecule has 2 nitrogen and oxygen atoms in total. The number of hydrogen-bond acceptors (Lipinski definition) is 2. The fourth-order valence-electron chi connectivity index (χ4n) is 4.31. The van der Waals surface area contributed by atoms with Gasteiger partial charge in [0.15, 0.2) is 0 Å². The van der Waals surface area contributed by atoms with Gasteiger partial charge in [-0.15, -0.1) is 0 Å². The van der Waals surface area contributed by atoms with Crippen molar-refractivity contribution in [3.63, 3.8) is 0 Å². The lowest BCUT2D eigenvalue weighted by molar-refractivity contribution is -0.155. The van der Waals surface area contributed by atoms with Gasteiger partial charge in [-0.3, -0.25) is 4.79 Å². The molecule has 2 atom stereocenters. The number of esters is 1. The van der Waals surface area contributed by atoms with Crippen LogP contribution < -0.4 is 0 Å². The third kappa shape index (κ3) is 13.7. The van der Waals surface area contributed by atoms with Crippen LogP contribution in [-0.2, 0) is 9.53 Å². The number of carbonyl (C=O) groups is 1. The third-order valence-corrected chi connectivity index (χ3v) is 6.40. The summed E-state index contributed by atoms with van der Waals surface area (Å²) >= 11 is 0. The summed E-state index contributed by atoms with van der Waals surface area (Å²) in [6, 6.07) is 10.3. The maximum absolute atomic E-state index is 13.2. The van der Waals surface area contributed by atoms with Gasteiger partial charge >= 0.3 is 5.97 Å². The van der Waals surface area contributed by atoms with E-state index in [1.807, 2.05) is 18.2 Å². The zero-order chi connectivity index (χ0) is 22.6. The first-order valence-electron chi connectivity index (χ1n) is 13.5. The maximum Gasteiger partial charge on any atom is 0.309 e. The van der Waals surface area contributed by atoms with Crippen LogP contribution in [0.15, 0.2) is 30.3 Å². The molecule has 178 valence electrons. The van der Waals surface area contributed by atoms with Crippen molar-refractivity contribution >= 4 is 5.97 Å². The molecule has 0 aliphatic rings. The lowest BCUT2D eigenvalue weighted by Crippen LogP contribution is -2.21. The predicted molar refractivity (Wildman–Crippen MR) is 134 cm³/mol. The van der Waals surface area contributed by atoms with Crippen LogP contribution in [0.2, 0.25) is 0 Å². The summed E-state index contributed by atoms with van der Waals surface area (Å²) in [7, 11) is 0. The van der Waals surface area contributed by atoms with Gasteiger partial charge in [-0.1, -0.05) is 135 Å². The Balaban J connectivity index is 2.59. The molecular formula is C29H50O2. The second-order valence-corrected chi connectivity index (χ2v) is 9.29. The lowest BCUT2D eigenvalue weighted by Gasteiger charge is -2.22. The largest absolute Gasteiger partial charge is 0.457 e. The van der Waals surface area contributed by atoms with Crippen LogP contribution in [-0.4, -0.2) is 5.97 Å². The average Bonchev–Trinajstić information content (AvgIpc) is 2.80. The summed E-state index contributed by atoms with van der Waals surface area (Å²) in [5.41, 5.74) is 1.14. The van der Waals surface area contributed by atoms with Gasteiger partial charge in [-0.2, -0.15) is 0 Å². The molecule has 1 aromatic rings. The molecule has 0 aliphatic heterocycles. The Morgan fingerprint density at radius 2 is 1.13 bits per heavy atom. The van der Waals surface area contributed by atoms with E-state index in [-0.39, 0.29) is 18.0 Å². The Morgan fingerprint density at radius 1 is 0.645 bits per heavy atom. The van der Waals surface area contributed by atoms with E-state index in [0.29, 0.717) is 0 Å². The first kappa shape index (κ1) is 27.7. The Labute approximate surface area is 193 Å². The van der Waals surface area contributed by atoms with Crippen LogP contribution in [0, 0.1) is 5.92 Å². The Bertz CT molecular complexity index is 525. The van der Waals surface area contributed by atoms with Crippen LogP contribution in [0.5, 0.6) is 0 Å². The van der Waals surface area contributed by atoms with Crippen molar-refractivity contribution in [3.8, 4) is 0 Å². The van der Waals surface area contributed by atoms with Gasteiger partial charge in [0.2, 0.25) is 0 Å². The van der Waals surface area contributed by atoms with Crippen LogP contribution >= 0.6 is 0 Å². The molecule has 1 aromatic carbocycles. The van der Waals surface area contributed by atoms with Crippen LogP contribution in [0.25, 0.3) is 0 Å². The number of unbranched alkanes of at least 4 members (excludes halogenated alkanes) is 11. The highest BCUT2D eigenvalue weighted by atomic mass is 16.5. The number of ether oxygens (including phenoxy) is 1. The molecule has 0 amide bonds. The van der Waals surface area contributed by atoms with Gasteiger partial charge in [-0.25, -0.2) is 0 Å². The molecule has 31 heavy (non-hydrogen) atoms. The van der Waals surface area contributed by atoms with Gasteiger partial charge in [0.25, 0.3) is 0 Å². The Morgan fingerprint density at radius 3 is 1.65 bits per heavy atom. The molecule has 0 bridgehead atoms. The molecule has 0 radical (unpaired) electrons. The topological polar surface area (TPSA) is 26.3 Å². The van der Waals surface area contributed by atoms with Crippen molar-refractivity contribution in [2.24, 2.45) is 5.92 Å². The van der Waals surface area contributed by atoms with E-state index >= 15 is 0 Å². The minimum atomic E-state index is -0.0923. The maximum atomic E-state index is 13.2. The zero-order valence-corrected chi connectivity index (χ0v) is 20.9. The first-order valence-corrected chi connectivity index (χ1v) is 13.5. The molecule has 2 unspecified atom stereocenters. The predicted octanol–water partition coefficient (Wildman–Crippen LogP) is 9.58. The van der Waals surface area contributed by atoms with Crippen molar-refractivity contribution in [3.05, 3.63) is 35.9 Å². The van der Waals surface area contributed by atoms with E-state index in [4.69, 9.17) is 4.74 Å². The fraction of sp³-hybridized carbons (Fsp3) is 0.759. The summed E-state index contributed by atoms with van der Waals surface area (Å²) in [5, 5.41) is 0. The second-order valence-electron chi connectivity index (χ2n) is 9.29. The monoisotopic (exact) mass is 430 g/mol. The van der Waals surface area contributed by atoms with Crippen molar-refractivity contribution in [1.82, 2.24) is 0 Å². The van der Waals surface area contributed by atoms with E-state index in [9.17, 15) is 4.79 Å². The van der Waals surface area contributed by atoms with Crippen LogP contribution in [0.1, 0.15) is 142 Å². The summed E-state index contributed by atoms with van der Waals surface area (Å²) in [5.74, 6) is 0.122. The van der Waals surface area contributed by atoms with Gasteiger partial charge in [-0.05, 0) is 31.2 Å².